The maximum atomic E-state index is 11.7. The van der Waals surface area contributed by atoms with Gasteiger partial charge in [0.1, 0.15) is 0 Å². The molecule has 0 aromatic rings. The predicted molar refractivity (Wildman–Crippen MR) is 96.1 cm³/mol. The van der Waals surface area contributed by atoms with Crippen LogP contribution < -0.4 is 10.6 Å². The molecule has 1 amide bonds. The topological polar surface area (TPSA) is 77.0 Å². The van der Waals surface area contributed by atoms with Gasteiger partial charge < -0.3 is 20.6 Å². The molecular weight excluding hydrogens is 383 g/mol. The number of carbonyl (C=O) groups is 1. The molecule has 3 N–H and O–H groups in total. The zero-order chi connectivity index (χ0) is 15.0. The van der Waals surface area contributed by atoms with Gasteiger partial charge in [-0.15, -0.1) is 24.0 Å². The van der Waals surface area contributed by atoms with Crippen molar-refractivity contribution >= 4 is 35.8 Å². The number of hydrogen-bond donors (Lipinski definition) is 3. The Morgan fingerprint density at radius 2 is 2.19 bits per heavy atom. The number of hydrogen-bond acceptors (Lipinski definition) is 3. The number of nitrogens with zero attached hydrogens (tertiary/aromatic N) is 2. The van der Waals surface area contributed by atoms with Crippen LogP contribution in [0.2, 0.25) is 0 Å². The quantitative estimate of drug-likeness (QED) is 0.345. The summed E-state index contributed by atoms with van der Waals surface area (Å²) >= 11 is 0. The zero-order valence-corrected chi connectivity index (χ0v) is 15.6. The number of nitrogens with one attached hydrogen (secondary N) is 2. The SMILES string of the molecule is CCNC(=NCCC(=O)NC(C)CC)N1CC[C@@H](O)C1.I. The molecule has 1 aliphatic heterocycles. The van der Waals surface area contributed by atoms with Crippen LogP contribution in [0.3, 0.4) is 0 Å². The van der Waals surface area contributed by atoms with Crippen LogP contribution in [0.5, 0.6) is 0 Å². The van der Waals surface area contributed by atoms with E-state index < -0.39 is 0 Å². The molecule has 0 aromatic heterocycles. The minimum absolute atomic E-state index is 0. The molecule has 21 heavy (non-hydrogen) atoms. The van der Waals surface area contributed by atoms with Crippen LogP contribution in [0.15, 0.2) is 4.99 Å². The number of aliphatic hydroxyl groups excluding tert-OH is 1. The van der Waals surface area contributed by atoms with Crippen LogP contribution in [0.1, 0.15) is 40.0 Å². The summed E-state index contributed by atoms with van der Waals surface area (Å²) in [6.45, 7) is 8.73. The van der Waals surface area contributed by atoms with Gasteiger partial charge in [-0.1, -0.05) is 6.92 Å². The Bertz CT molecular complexity index is 339. The number of guanidine groups is 1. The first-order valence-corrected chi connectivity index (χ1v) is 7.57. The molecule has 0 radical (unpaired) electrons. The van der Waals surface area contributed by atoms with Crippen LogP contribution in [-0.2, 0) is 4.79 Å². The second-order valence-electron chi connectivity index (χ2n) is 5.25. The lowest BCUT2D eigenvalue weighted by atomic mass is 10.2. The van der Waals surface area contributed by atoms with Gasteiger partial charge in [0.2, 0.25) is 5.91 Å². The lowest BCUT2D eigenvalue weighted by molar-refractivity contribution is -0.121. The highest BCUT2D eigenvalue weighted by Crippen LogP contribution is 2.08. The highest BCUT2D eigenvalue weighted by Gasteiger charge is 2.22. The summed E-state index contributed by atoms with van der Waals surface area (Å²) in [6, 6.07) is 0.216. The van der Waals surface area contributed by atoms with E-state index in [1.54, 1.807) is 0 Å². The van der Waals surface area contributed by atoms with Gasteiger partial charge in [0.05, 0.1) is 12.6 Å². The van der Waals surface area contributed by atoms with E-state index in [4.69, 9.17) is 0 Å². The molecule has 0 spiro atoms. The number of β-amino-alcohol motifs (C(OH)–C–C–N with tert-alkyl or cyclic N) is 1. The maximum absolute atomic E-state index is 11.7. The first-order valence-electron chi connectivity index (χ1n) is 7.57. The van der Waals surface area contributed by atoms with E-state index in [0.717, 1.165) is 31.9 Å². The van der Waals surface area contributed by atoms with E-state index in [1.807, 2.05) is 25.7 Å². The molecule has 124 valence electrons. The highest BCUT2D eigenvalue weighted by molar-refractivity contribution is 14.0. The molecule has 1 aliphatic rings. The smallest absolute Gasteiger partial charge is 0.222 e. The third-order valence-corrected chi connectivity index (χ3v) is 3.42. The van der Waals surface area contributed by atoms with Crippen molar-refractivity contribution in [1.82, 2.24) is 15.5 Å². The molecule has 1 saturated heterocycles. The van der Waals surface area contributed by atoms with Gasteiger partial charge in [0, 0.05) is 32.1 Å². The molecule has 0 aliphatic carbocycles. The summed E-state index contributed by atoms with van der Waals surface area (Å²) in [4.78, 5) is 18.2. The number of amides is 1. The fourth-order valence-electron chi connectivity index (χ4n) is 2.07. The van der Waals surface area contributed by atoms with Crippen molar-refractivity contribution in [2.45, 2.75) is 52.2 Å². The van der Waals surface area contributed by atoms with E-state index >= 15 is 0 Å². The minimum atomic E-state index is -0.271. The van der Waals surface area contributed by atoms with E-state index in [-0.39, 0.29) is 42.0 Å². The van der Waals surface area contributed by atoms with Crippen molar-refractivity contribution in [2.75, 3.05) is 26.2 Å². The van der Waals surface area contributed by atoms with Crippen LogP contribution >= 0.6 is 24.0 Å². The molecule has 0 saturated carbocycles. The van der Waals surface area contributed by atoms with Crippen LogP contribution in [0.25, 0.3) is 0 Å². The van der Waals surface area contributed by atoms with Crippen molar-refractivity contribution in [2.24, 2.45) is 4.99 Å². The average Bonchev–Trinajstić information content (AvgIpc) is 2.84. The minimum Gasteiger partial charge on any atom is -0.391 e. The normalized spacial score (nSPS) is 19.9. The summed E-state index contributed by atoms with van der Waals surface area (Å²) in [7, 11) is 0. The van der Waals surface area contributed by atoms with Gasteiger partial charge in [0.15, 0.2) is 5.96 Å². The van der Waals surface area contributed by atoms with Crippen LogP contribution in [0.4, 0.5) is 0 Å². The Balaban J connectivity index is 0.00000400. The fraction of sp³-hybridized carbons (Fsp3) is 0.857. The lowest BCUT2D eigenvalue weighted by Gasteiger charge is -2.20. The summed E-state index contributed by atoms with van der Waals surface area (Å²) < 4.78 is 0. The van der Waals surface area contributed by atoms with Gasteiger partial charge in [-0.2, -0.15) is 0 Å². The Morgan fingerprint density at radius 1 is 1.48 bits per heavy atom. The molecule has 1 heterocycles. The summed E-state index contributed by atoms with van der Waals surface area (Å²) in [5.41, 5.74) is 0. The molecule has 7 heteroatoms. The molecule has 1 unspecified atom stereocenters. The standard InChI is InChI=1S/C14H28N4O2.HI/c1-4-11(3)17-13(20)6-8-16-14(15-5-2)18-9-7-12(19)10-18;/h11-12,19H,4-10H2,1-3H3,(H,15,16)(H,17,20);1H/t11?,12-;/m1./s1. The third kappa shape index (κ3) is 7.85. The molecule has 0 bridgehead atoms. The van der Waals surface area contributed by atoms with Crippen molar-refractivity contribution in [3.05, 3.63) is 0 Å². The van der Waals surface area contributed by atoms with Gasteiger partial charge >= 0.3 is 0 Å². The lowest BCUT2D eigenvalue weighted by Crippen LogP contribution is -2.40. The van der Waals surface area contributed by atoms with Crippen LogP contribution in [-0.4, -0.2) is 60.2 Å². The van der Waals surface area contributed by atoms with Crippen molar-refractivity contribution < 1.29 is 9.90 Å². The van der Waals surface area contributed by atoms with Crippen molar-refractivity contribution in [3.8, 4) is 0 Å². The number of halogens is 1. The second kappa shape index (κ2) is 11.1. The Kier molecular flexibility index (Phi) is 10.8. The monoisotopic (exact) mass is 412 g/mol. The van der Waals surface area contributed by atoms with Gasteiger partial charge in [0.25, 0.3) is 0 Å². The second-order valence-corrected chi connectivity index (χ2v) is 5.25. The molecule has 0 aromatic carbocycles. The maximum Gasteiger partial charge on any atom is 0.222 e. The summed E-state index contributed by atoms with van der Waals surface area (Å²) in [6.07, 6.45) is 1.84. The molecule has 1 fully saturated rings. The molecule has 6 nitrogen and oxygen atoms in total. The molecular formula is C14H29IN4O2. The third-order valence-electron chi connectivity index (χ3n) is 3.42. The number of likely N-dealkylation sites (tertiary alicyclic amines) is 1. The fourth-order valence-corrected chi connectivity index (χ4v) is 2.07. The highest BCUT2D eigenvalue weighted by atomic mass is 127. The number of aliphatic hydroxyl groups is 1. The average molecular weight is 412 g/mol. The largest absolute Gasteiger partial charge is 0.391 e. The van der Waals surface area contributed by atoms with Gasteiger partial charge in [-0.25, -0.2) is 0 Å². The summed E-state index contributed by atoms with van der Waals surface area (Å²) in [5.74, 6) is 0.834. The van der Waals surface area contributed by atoms with Gasteiger partial charge in [-0.05, 0) is 26.7 Å². The predicted octanol–water partition coefficient (Wildman–Crippen LogP) is 0.941. The molecule has 1 rings (SSSR count). The van der Waals surface area contributed by atoms with Crippen LogP contribution in [0, 0.1) is 0 Å². The number of aliphatic imine (C=N–C) groups is 1. The Labute approximate surface area is 144 Å². The molecule has 2 atom stereocenters. The van der Waals surface area contributed by atoms with E-state index in [0.29, 0.717) is 19.5 Å². The van der Waals surface area contributed by atoms with E-state index in [1.165, 1.54) is 0 Å². The first kappa shape index (κ1) is 20.4. The van der Waals surface area contributed by atoms with Gasteiger partial charge in [-0.3, -0.25) is 9.79 Å². The summed E-state index contributed by atoms with van der Waals surface area (Å²) in [5, 5.41) is 15.7. The van der Waals surface area contributed by atoms with Crippen molar-refractivity contribution in [3.63, 3.8) is 0 Å². The first-order chi connectivity index (χ1) is 9.56. The van der Waals surface area contributed by atoms with E-state index in [9.17, 15) is 9.90 Å². The Hall–Kier alpha value is -0.570. The Morgan fingerprint density at radius 3 is 2.71 bits per heavy atom. The number of rotatable bonds is 6. The van der Waals surface area contributed by atoms with E-state index in [2.05, 4.69) is 15.6 Å². The number of carbonyl (C=O) groups excluding carboxylic acids is 1. The van der Waals surface area contributed by atoms with Crippen molar-refractivity contribution in [1.29, 1.82) is 0 Å². The zero-order valence-electron chi connectivity index (χ0n) is 13.3.